The van der Waals surface area contributed by atoms with E-state index in [1.54, 1.807) is 7.11 Å². The number of likely N-dealkylation sites (N-methyl/N-ethyl adjacent to an activating group) is 1. The molecule has 0 aromatic heterocycles. The molecule has 1 atom stereocenters. The molecular weight excluding hydrogens is 210 g/mol. The van der Waals surface area contributed by atoms with Crippen LogP contribution in [0.3, 0.4) is 0 Å². The Kier molecular flexibility index (Phi) is 6.90. The second kappa shape index (κ2) is 8.26. The van der Waals surface area contributed by atoms with E-state index in [2.05, 4.69) is 43.4 Å². The van der Waals surface area contributed by atoms with Gasteiger partial charge in [-0.1, -0.05) is 31.2 Å². The molecule has 1 N–H and O–H groups in total. The van der Waals surface area contributed by atoms with Crippen LogP contribution in [-0.4, -0.2) is 26.8 Å². The van der Waals surface area contributed by atoms with Gasteiger partial charge in [-0.05, 0) is 43.4 Å². The van der Waals surface area contributed by atoms with Gasteiger partial charge in [0.05, 0.1) is 0 Å². The lowest BCUT2D eigenvalue weighted by Gasteiger charge is -2.19. The van der Waals surface area contributed by atoms with Crippen molar-refractivity contribution in [2.24, 2.45) is 0 Å². The maximum Gasteiger partial charge on any atom is 0.0462 e. The van der Waals surface area contributed by atoms with E-state index in [4.69, 9.17) is 4.74 Å². The molecule has 96 valence electrons. The van der Waals surface area contributed by atoms with E-state index >= 15 is 0 Å². The molecular formula is C15H25NO. The fraction of sp³-hybridized carbons (Fsp3) is 0.600. The Balaban J connectivity index is 2.64. The van der Waals surface area contributed by atoms with Gasteiger partial charge in [0.1, 0.15) is 0 Å². The predicted molar refractivity (Wildman–Crippen MR) is 73.6 cm³/mol. The Morgan fingerprint density at radius 2 is 2.06 bits per heavy atom. The number of benzene rings is 1. The number of ether oxygens (including phenoxy) is 1. The molecule has 1 unspecified atom stereocenters. The Bertz CT molecular complexity index is 312. The summed E-state index contributed by atoms with van der Waals surface area (Å²) in [5, 5.41) is 3.46. The van der Waals surface area contributed by atoms with Gasteiger partial charge in [0.25, 0.3) is 0 Å². The normalized spacial score (nSPS) is 12.6. The van der Waals surface area contributed by atoms with Crippen LogP contribution in [0.5, 0.6) is 0 Å². The summed E-state index contributed by atoms with van der Waals surface area (Å²) in [6.45, 7) is 7.31. The highest BCUT2D eigenvalue weighted by Gasteiger charge is 2.12. The number of nitrogens with one attached hydrogen (secondary N) is 1. The van der Waals surface area contributed by atoms with E-state index in [9.17, 15) is 0 Å². The third-order valence-electron chi connectivity index (χ3n) is 3.17. The third-order valence-corrected chi connectivity index (χ3v) is 3.17. The van der Waals surface area contributed by atoms with Crippen LogP contribution < -0.4 is 5.32 Å². The number of aryl methyl sites for hydroxylation is 1. The average Bonchev–Trinajstić information content (AvgIpc) is 2.35. The van der Waals surface area contributed by atoms with Gasteiger partial charge in [0.15, 0.2) is 0 Å². The van der Waals surface area contributed by atoms with Gasteiger partial charge >= 0.3 is 0 Å². The van der Waals surface area contributed by atoms with Gasteiger partial charge in [-0.2, -0.15) is 0 Å². The van der Waals surface area contributed by atoms with Crippen molar-refractivity contribution in [2.45, 2.75) is 32.6 Å². The van der Waals surface area contributed by atoms with E-state index in [-0.39, 0.29) is 0 Å². The van der Waals surface area contributed by atoms with Crippen LogP contribution in [0.1, 0.15) is 36.8 Å². The van der Waals surface area contributed by atoms with Crippen molar-refractivity contribution in [2.75, 3.05) is 26.8 Å². The Labute approximate surface area is 105 Å². The van der Waals surface area contributed by atoms with Crippen molar-refractivity contribution in [3.63, 3.8) is 0 Å². The highest BCUT2D eigenvalue weighted by Crippen LogP contribution is 2.23. The largest absolute Gasteiger partial charge is 0.385 e. The van der Waals surface area contributed by atoms with Crippen LogP contribution in [0.25, 0.3) is 0 Å². The molecule has 0 heterocycles. The fourth-order valence-corrected chi connectivity index (χ4v) is 2.21. The molecule has 0 bridgehead atoms. The summed E-state index contributed by atoms with van der Waals surface area (Å²) in [7, 11) is 1.77. The van der Waals surface area contributed by atoms with Crippen LogP contribution in [-0.2, 0) is 4.74 Å². The molecule has 0 radical (unpaired) electrons. The molecule has 1 rings (SSSR count). The monoisotopic (exact) mass is 235 g/mol. The molecule has 0 fully saturated rings. The third kappa shape index (κ3) is 4.88. The SMILES string of the molecule is CCNCC(CCCOC)c1ccccc1C. The quantitative estimate of drug-likeness (QED) is 0.699. The topological polar surface area (TPSA) is 21.3 Å². The minimum absolute atomic E-state index is 0.603. The summed E-state index contributed by atoms with van der Waals surface area (Å²) in [5.41, 5.74) is 2.87. The van der Waals surface area contributed by atoms with Gasteiger partial charge in [0, 0.05) is 20.3 Å². The van der Waals surface area contributed by atoms with Crippen molar-refractivity contribution in [1.82, 2.24) is 5.32 Å². The average molecular weight is 235 g/mol. The second-order valence-corrected chi connectivity index (χ2v) is 4.50. The molecule has 0 spiro atoms. The molecule has 1 aromatic carbocycles. The summed E-state index contributed by atoms with van der Waals surface area (Å²) in [6.07, 6.45) is 2.31. The van der Waals surface area contributed by atoms with E-state index < -0.39 is 0 Å². The first-order valence-electron chi connectivity index (χ1n) is 6.54. The summed E-state index contributed by atoms with van der Waals surface area (Å²) < 4.78 is 5.14. The summed E-state index contributed by atoms with van der Waals surface area (Å²) in [6, 6.07) is 8.70. The standard InChI is InChI=1S/C15H25NO/c1-4-16-12-14(9-7-11-17-3)15-10-6-5-8-13(15)2/h5-6,8,10,14,16H,4,7,9,11-12H2,1-3H3. The predicted octanol–water partition coefficient (Wildman–Crippen LogP) is 3.11. The maximum atomic E-state index is 5.14. The number of methoxy groups -OCH3 is 1. The first-order chi connectivity index (χ1) is 8.29. The minimum atomic E-state index is 0.603. The molecule has 0 amide bonds. The van der Waals surface area contributed by atoms with Crippen LogP contribution in [0, 0.1) is 6.92 Å². The first-order valence-corrected chi connectivity index (χ1v) is 6.54. The van der Waals surface area contributed by atoms with Crippen LogP contribution >= 0.6 is 0 Å². The Morgan fingerprint density at radius 1 is 1.29 bits per heavy atom. The molecule has 0 saturated heterocycles. The van der Waals surface area contributed by atoms with Gasteiger partial charge in [-0.3, -0.25) is 0 Å². The number of hydrogen-bond acceptors (Lipinski definition) is 2. The van der Waals surface area contributed by atoms with Gasteiger partial charge in [-0.25, -0.2) is 0 Å². The Morgan fingerprint density at radius 3 is 2.71 bits per heavy atom. The zero-order chi connectivity index (χ0) is 12.5. The minimum Gasteiger partial charge on any atom is -0.385 e. The van der Waals surface area contributed by atoms with Crippen LogP contribution in [0.15, 0.2) is 24.3 Å². The molecule has 0 saturated carbocycles. The molecule has 0 aliphatic carbocycles. The van der Waals surface area contributed by atoms with Crippen LogP contribution in [0.4, 0.5) is 0 Å². The zero-order valence-corrected chi connectivity index (χ0v) is 11.3. The van der Waals surface area contributed by atoms with Crippen molar-refractivity contribution >= 4 is 0 Å². The maximum absolute atomic E-state index is 5.14. The lowest BCUT2D eigenvalue weighted by Crippen LogP contribution is -2.22. The summed E-state index contributed by atoms with van der Waals surface area (Å²) in [5.74, 6) is 0.603. The summed E-state index contributed by atoms with van der Waals surface area (Å²) in [4.78, 5) is 0. The zero-order valence-electron chi connectivity index (χ0n) is 11.3. The van der Waals surface area contributed by atoms with E-state index in [0.717, 1.165) is 26.1 Å². The smallest absolute Gasteiger partial charge is 0.0462 e. The van der Waals surface area contributed by atoms with Crippen molar-refractivity contribution in [3.8, 4) is 0 Å². The lowest BCUT2D eigenvalue weighted by molar-refractivity contribution is 0.190. The number of hydrogen-bond donors (Lipinski definition) is 1. The van der Waals surface area contributed by atoms with E-state index in [0.29, 0.717) is 5.92 Å². The van der Waals surface area contributed by atoms with Crippen molar-refractivity contribution in [3.05, 3.63) is 35.4 Å². The molecule has 0 aliphatic rings. The molecule has 1 aromatic rings. The fourth-order valence-electron chi connectivity index (χ4n) is 2.21. The second-order valence-electron chi connectivity index (χ2n) is 4.50. The van der Waals surface area contributed by atoms with Gasteiger partial charge < -0.3 is 10.1 Å². The highest BCUT2D eigenvalue weighted by atomic mass is 16.5. The molecule has 17 heavy (non-hydrogen) atoms. The molecule has 2 nitrogen and oxygen atoms in total. The lowest BCUT2D eigenvalue weighted by atomic mass is 9.91. The first kappa shape index (κ1) is 14.2. The van der Waals surface area contributed by atoms with Crippen molar-refractivity contribution < 1.29 is 4.74 Å². The van der Waals surface area contributed by atoms with E-state index in [1.807, 2.05) is 0 Å². The van der Waals surface area contributed by atoms with Crippen molar-refractivity contribution in [1.29, 1.82) is 0 Å². The van der Waals surface area contributed by atoms with E-state index in [1.165, 1.54) is 17.5 Å². The highest BCUT2D eigenvalue weighted by molar-refractivity contribution is 5.29. The van der Waals surface area contributed by atoms with Gasteiger partial charge in [-0.15, -0.1) is 0 Å². The van der Waals surface area contributed by atoms with Gasteiger partial charge in [0.2, 0.25) is 0 Å². The molecule has 0 aliphatic heterocycles. The molecule has 2 heteroatoms. The summed E-state index contributed by atoms with van der Waals surface area (Å²) >= 11 is 0. The number of rotatable bonds is 8. The van der Waals surface area contributed by atoms with Crippen LogP contribution in [0.2, 0.25) is 0 Å². The Hall–Kier alpha value is -0.860.